The summed E-state index contributed by atoms with van der Waals surface area (Å²) in [5.74, 6) is -0.154. The van der Waals surface area contributed by atoms with E-state index < -0.39 is 0 Å². The third-order valence-corrected chi connectivity index (χ3v) is 5.33. The van der Waals surface area contributed by atoms with E-state index in [0.717, 1.165) is 50.5 Å². The minimum Gasteiger partial charge on any atom is -0.379 e. The molecule has 1 saturated heterocycles. The number of ether oxygens (including phenoxy) is 1. The Balaban J connectivity index is 1.58. The van der Waals surface area contributed by atoms with E-state index in [-0.39, 0.29) is 11.9 Å². The second kappa shape index (κ2) is 11.5. The first-order valence-electron chi connectivity index (χ1n) is 11.0. The highest BCUT2D eigenvalue weighted by Gasteiger charge is 2.15. The van der Waals surface area contributed by atoms with Crippen molar-refractivity contribution in [3.63, 3.8) is 0 Å². The molecular weight excluding hydrogens is 406 g/mol. The summed E-state index contributed by atoms with van der Waals surface area (Å²) in [6.07, 6.45) is 0.875. The van der Waals surface area contributed by atoms with Gasteiger partial charge in [-0.25, -0.2) is 4.79 Å². The molecule has 3 rings (SSSR count). The van der Waals surface area contributed by atoms with E-state index in [1.54, 1.807) is 12.1 Å². The number of rotatable bonds is 8. The number of urea groups is 1. The Labute approximate surface area is 189 Å². The van der Waals surface area contributed by atoms with Gasteiger partial charge in [0.2, 0.25) is 0 Å². The lowest BCUT2D eigenvalue weighted by Crippen LogP contribution is -2.38. The van der Waals surface area contributed by atoms with Crippen LogP contribution in [0, 0.1) is 6.92 Å². The molecule has 2 aromatic rings. The lowest BCUT2D eigenvalue weighted by atomic mass is 10.1. The predicted molar refractivity (Wildman–Crippen MR) is 129 cm³/mol. The smallest absolute Gasteiger partial charge is 0.323 e. The van der Waals surface area contributed by atoms with Crippen LogP contribution in [0.25, 0.3) is 0 Å². The number of aryl methyl sites for hydroxylation is 1. The molecule has 0 spiro atoms. The van der Waals surface area contributed by atoms with E-state index in [9.17, 15) is 9.59 Å². The molecule has 0 aliphatic carbocycles. The maximum Gasteiger partial charge on any atom is 0.323 e. The summed E-state index contributed by atoms with van der Waals surface area (Å²) < 4.78 is 5.36. The number of morpholine rings is 1. The van der Waals surface area contributed by atoms with Gasteiger partial charge in [-0.15, -0.1) is 0 Å². The molecule has 3 N–H and O–H groups in total. The van der Waals surface area contributed by atoms with Crippen LogP contribution < -0.4 is 20.9 Å². The molecule has 3 amide bonds. The van der Waals surface area contributed by atoms with Crippen molar-refractivity contribution in [2.45, 2.75) is 13.3 Å². The molecule has 8 nitrogen and oxygen atoms in total. The molecule has 2 aromatic carbocycles. The molecule has 32 heavy (non-hydrogen) atoms. The molecule has 1 aliphatic heterocycles. The van der Waals surface area contributed by atoms with Crippen LogP contribution in [0.15, 0.2) is 42.5 Å². The van der Waals surface area contributed by atoms with Crippen molar-refractivity contribution in [3.8, 4) is 0 Å². The van der Waals surface area contributed by atoms with E-state index in [2.05, 4.69) is 20.9 Å². The zero-order valence-corrected chi connectivity index (χ0v) is 19.1. The largest absolute Gasteiger partial charge is 0.379 e. The Morgan fingerprint density at radius 1 is 1.00 bits per heavy atom. The number of carbonyl (C=O) groups excluding carboxylic acids is 2. The van der Waals surface area contributed by atoms with Crippen LogP contribution in [0.2, 0.25) is 0 Å². The lowest BCUT2D eigenvalue weighted by Gasteiger charge is -2.26. The first kappa shape index (κ1) is 23.6. The lowest BCUT2D eigenvalue weighted by molar-refractivity contribution is 0.0374. The minimum atomic E-state index is -0.358. The first-order valence-corrected chi connectivity index (χ1v) is 11.0. The molecule has 172 valence electrons. The van der Waals surface area contributed by atoms with Gasteiger partial charge < -0.3 is 25.6 Å². The van der Waals surface area contributed by atoms with E-state index >= 15 is 0 Å². The summed E-state index contributed by atoms with van der Waals surface area (Å²) >= 11 is 0. The van der Waals surface area contributed by atoms with Crippen LogP contribution in [-0.4, -0.2) is 70.3 Å². The number of carbonyl (C=O) groups is 2. The van der Waals surface area contributed by atoms with Crippen molar-refractivity contribution >= 4 is 29.0 Å². The molecule has 0 atom stereocenters. The van der Waals surface area contributed by atoms with E-state index in [0.29, 0.717) is 23.5 Å². The first-order chi connectivity index (χ1) is 15.4. The summed E-state index contributed by atoms with van der Waals surface area (Å²) in [5, 5.41) is 8.62. The fourth-order valence-electron chi connectivity index (χ4n) is 3.54. The van der Waals surface area contributed by atoms with Gasteiger partial charge in [0.15, 0.2) is 0 Å². The topological polar surface area (TPSA) is 85.9 Å². The van der Waals surface area contributed by atoms with Crippen molar-refractivity contribution in [2.24, 2.45) is 0 Å². The van der Waals surface area contributed by atoms with Crippen molar-refractivity contribution in [1.29, 1.82) is 0 Å². The van der Waals surface area contributed by atoms with E-state index in [1.807, 2.05) is 56.3 Å². The van der Waals surface area contributed by atoms with Gasteiger partial charge in [0, 0.05) is 50.8 Å². The van der Waals surface area contributed by atoms with Gasteiger partial charge in [0.1, 0.15) is 0 Å². The number of benzene rings is 2. The third kappa shape index (κ3) is 6.96. The normalized spacial score (nSPS) is 14.0. The molecule has 0 saturated carbocycles. The van der Waals surface area contributed by atoms with Gasteiger partial charge >= 0.3 is 6.03 Å². The molecule has 1 heterocycles. The van der Waals surface area contributed by atoms with Crippen LogP contribution in [0.3, 0.4) is 0 Å². The van der Waals surface area contributed by atoms with Gasteiger partial charge in [-0.2, -0.15) is 0 Å². The highest BCUT2D eigenvalue weighted by molar-refractivity contribution is 6.03. The van der Waals surface area contributed by atoms with Crippen LogP contribution in [0.5, 0.6) is 0 Å². The van der Waals surface area contributed by atoms with E-state index in [4.69, 9.17) is 4.74 Å². The molecule has 0 unspecified atom stereocenters. The number of nitrogens with zero attached hydrogens (tertiary/aromatic N) is 2. The Morgan fingerprint density at radius 2 is 1.66 bits per heavy atom. The Kier molecular flexibility index (Phi) is 8.47. The van der Waals surface area contributed by atoms with Crippen LogP contribution in [0.1, 0.15) is 22.3 Å². The Bertz CT molecular complexity index is 908. The molecule has 0 bridgehead atoms. The van der Waals surface area contributed by atoms with Crippen molar-refractivity contribution in [3.05, 3.63) is 53.6 Å². The number of hydrogen-bond acceptors (Lipinski definition) is 5. The minimum absolute atomic E-state index is 0.154. The van der Waals surface area contributed by atoms with Gasteiger partial charge in [0.25, 0.3) is 5.91 Å². The highest BCUT2D eigenvalue weighted by Crippen LogP contribution is 2.23. The molecule has 1 fully saturated rings. The monoisotopic (exact) mass is 439 g/mol. The fourth-order valence-corrected chi connectivity index (χ4v) is 3.54. The molecule has 1 aliphatic rings. The maximum atomic E-state index is 12.9. The quantitative estimate of drug-likeness (QED) is 0.550. The summed E-state index contributed by atoms with van der Waals surface area (Å²) in [6.45, 7) is 6.95. The summed E-state index contributed by atoms with van der Waals surface area (Å²) in [4.78, 5) is 29.5. The van der Waals surface area contributed by atoms with Crippen LogP contribution in [0.4, 0.5) is 21.9 Å². The summed E-state index contributed by atoms with van der Waals surface area (Å²) in [6, 6.07) is 12.5. The van der Waals surface area contributed by atoms with E-state index in [1.165, 1.54) is 0 Å². The van der Waals surface area contributed by atoms with Gasteiger partial charge in [0.05, 0.1) is 18.8 Å². The number of amides is 3. The molecular formula is C24H33N5O3. The molecule has 8 heteroatoms. The average Bonchev–Trinajstić information content (AvgIpc) is 2.78. The standard InChI is InChI=1S/C24H33N5O3/c1-18-5-7-19(8-6-18)26-24(31)27-20-9-10-22(28(2)3)21(17-20)23(30)25-11-4-12-29-13-15-32-16-14-29/h5-10,17H,4,11-16H2,1-3H3,(H,25,30)(H2,26,27,31). The highest BCUT2D eigenvalue weighted by atomic mass is 16.5. The number of nitrogens with one attached hydrogen (secondary N) is 3. The Morgan fingerprint density at radius 3 is 2.34 bits per heavy atom. The zero-order chi connectivity index (χ0) is 22.9. The van der Waals surface area contributed by atoms with Gasteiger partial charge in [-0.1, -0.05) is 17.7 Å². The van der Waals surface area contributed by atoms with Gasteiger partial charge in [-0.3, -0.25) is 9.69 Å². The zero-order valence-electron chi connectivity index (χ0n) is 19.1. The summed E-state index contributed by atoms with van der Waals surface area (Å²) in [5.41, 5.74) is 3.69. The predicted octanol–water partition coefficient (Wildman–Crippen LogP) is 3.16. The van der Waals surface area contributed by atoms with Crippen molar-refractivity contribution < 1.29 is 14.3 Å². The van der Waals surface area contributed by atoms with Crippen LogP contribution in [-0.2, 0) is 4.74 Å². The van der Waals surface area contributed by atoms with Crippen molar-refractivity contribution in [1.82, 2.24) is 10.2 Å². The number of anilines is 3. The second-order valence-electron chi connectivity index (χ2n) is 8.13. The molecule has 0 radical (unpaired) electrons. The maximum absolute atomic E-state index is 12.9. The van der Waals surface area contributed by atoms with Crippen molar-refractivity contribution in [2.75, 3.05) is 69.0 Å². The average molecular weight is 440 g/mol. The van der Waals surface area contributed by atoms with Crippen LogP contribution >= 0.6 is 0 Å². The summed E-state index contributed by atoms with van der Waals surface area (Å²) in [7, 11) is 3.78. The fraction of sp³-hybridized carbons (Fsp3) is 0.417. The SMILES string of the molecule is Cc1ccc(NC(=O)Nc2ccc(N(C)C)c(C(=O)NCCCN3CCOCC3)c2)cc1. The number of hydrogen-bond donors (Lipinski definition) is 3. The molecule has 0 aromatic heterocycles. The second-order valence-corrected chi connectivity index (χ2v) is 8.13. The third-order valence-electron chi connectivity index (χ3n) is 5.33. The Hall–Kier alpha value is -3.10. The van der Waals surface area contributed by atoms with Gasteiger partial charge in [-0.05, 0) is 50.2 Å².